The Morgan fingerprint density at radius 3 is 2.40 bits per heavy atom. The zero-order valence-electron chi connectivity index (χ0n) is 31.3. The first-order valence-corrected chi connectivity index (χ1v) is 15.3. The van der Waals surface area contributed by atoms with Gasteiger partial charge >= 0.3 is 0 Å². The fraction of sp³-hybridized carbons (Fsp3) is 0.256. The molecule has 7 rings (SSSR count). The Hall–Kier alpha value is -3.70. The number of fused-ring (bicyclic) bond motifs is 4. The molecular weight excluding hydrogens is 751 g/mol. The molecule has 231 valence electrons. The molecule has 0 saturated carbocycles. The summed E-state index contributed by atoms with van der Waals surface area (Å²) in [5.41, 5.74) is 8.22. The number of aromatic nitrogens is 3. The van der Waals surface area contributed by atoms with Crippen LogP contribution < -0.4 is 0 Å². The van der Waals surface area contributed by atoms with Crippen LogP contribution in [-0.4, -0.2) is 15.0 Å². The number of furan rings is 1. The van der Waals surface area contributed by atoms with Crippen molar-refractivity contribution in [2.45, 2.75) is 61.7 Å². The van der Waals surface area contributed by atoms with Crippen molar-refractivity contribution in [1.29, 1.82) is 0 Å². The smallest absolute Gasteiger partial charge is 0.216 e. The topological polar surface area (TPSA) is 51.8 Å². The van der Waals surface area contributed by atoms with Crippen LogP contribution in [0.3, 0.4) is 0 Å². The van der Waals surface area contributed by atoms with Crippen molar-refractivity contribution in [2.75, 3.05) is 0 Å². The quantitative estimate of drug-likeness (QED) is 0.167. The third-order valence-corrected chi connectivity index (χ3v) is 8.64. The van der Waals surface area contributed by atoms with Gasteiger partial charge in [0.15, 0.2) is 0 Å². The zero-order chi connectivity index (χ0) is 35.5. The summed E-state index contributed by atoms with van der Waals surface area (Å²) in [7, 11) is 0. The van der Waals surface area contributed by atoms with Crippen LogP contribution in [0.15, 0.2) is 71.4 Å². The molecule has 0 fully saturated rings. The number of rotatable bonds is 3. The molecule has 0 bridgehead atoms. The third kappa shape index (κ3) is 6.94. The van der Waals surface area contributed by atoms with Crippen molar-refractivity contribution in [2.24, 2.45) is 5.41 Å². The van der Waals surface area contributed by atoms with E-state index in [-0.39, 0.29) is 31.5 Å². The van der Waals surface area contributed by atoms with Crippen LogP contribution in [0.25, 0.3) is 54.7 Å². The summed E-state index contributed by atoms with van der Waals surface area (Å²) in [6.07, 6.45) is 2.20. The summed E-state index contributed by atoms with van der Waals surface area (Å²) in [4.78, 5) is 14.0. The van der Waals surface area contributed by atoms with E-state index in [4.69, 9.17) is 11.3 Å². The molecule has 0 aliphatic carbocycles. The van der Waals surface area contributed by atoms with Crippen molar-refractivity contribution < 1.29 is 31.4 Å². The molecule has 5 aromatic heterocycles. The number of aryl methyl sites for hydroxylation is 5. The van der Waals surface area contributed by atoms with E-state index in [9.17, 15) is 0 Å². The van der Waals surface area contributed by atoms with Crippen LogP contribution in [-0.2, 0) is 26.5 Å². The maximum absolute atomic E-state index is 8.73. The molecule has 0 N–H and O–H groups in total. The SMILES string of the molecule is Cc1c[c-]c(-c2cc(C)c(C)cn2)cc1.[2H]C([2H])([2H])c1ccc2c(n1)oc1c(-c3cc4c(C)c(C([2H])([2H])C(C)(C)C)sc4cn3)[c-]ccc12.[Ir]. The second-order valence-electron chi connectivity index (χ2n) is 12.2. The molecule has 4 nitrogen and oxygen atoms in total. The first kappa shape index (κ1) is 26.5. The molecule has 0 saturated heterocycles. The van der Waals surface area contributed by atoms with Gasteiger partial charge in [-0.1, -0.05) is 56.3 Å². The average Bonchev–Trinajstić information content (AvgIpc) is 3.59. The normalized spacial score (nSPS) is 13.7. The minimum absolute atomic E-state index is 0. The molecule has 0 unspecified atom stereocenters. The largest absolute Gasteiger partial charge is 0.486 e. The molecule has 0 aliphatic rings. The third-order valence-electron chi connectivity index (χ3n) is 7.48. The molecular formula is C39H37IrN3OS-2. The van der Waals surface area contributed by atoms with E-state index >= 15 is 0 Å². The zero-order valence-corrected chi connectivity index (χ0v) is 29.6. The Bertz CT molecular complexity index is 2340. The van der Waals surface area contributed by atoms with Gasteiger partial charge in [-0.3, -0.25) is 0 Å². The number of hydrogen-bond donors (Lipinski definition) is 0. The maximum atomic E-state index is 8.73. The fourth-order valence-corrected chi connectivity index (χ4v) is 6.24. The Balaban J connectivity index is 0.000000255. The Morgan fingerprint density at radius 1 is 0.889 bits per heavy atom. The average molecular weight is 793 g/mol. The van der Waals surface area contributed by atoms with Gasteiger partial charge in [0, 0.05) is 55.3 Å². The van der Waals surface area contributed by atoms with Crippen molar-refractivity contribution in [3.05, 3.63) is 112 Å². The Kier molecular flexibility index (Phi) is 7.64. The second kappa shape index (κ2) is 13.0. The monoisotopic (exact) mass is 793 g/mol. The van der Waals surface area contributed by atoms with Crippen LogP contribution in [0.2, 0.25) is 0 Å². The molecule has 7 aromatic rings. The van der Waals surface area contributed by atoms with Gasteiger partial charge in [-0.15, -0.1) is 64.9 Å². The van der Waals surface area contributed by atoms with Crippen LogP contribution in [0, 0.1) is 52.1 Å². The Labute approximate surface area is 290 Å². The van der Waals surface area contributed by atoms with Gasteiger partial charge in [-0.2, -0.15) is 0 Å². The number of benzene rings is 2. The Morgan fingerprint density at radius 2 is 1.69 bits per heavy atom. The summed E-state index contributed by atoms with van der Waals surface area (Å²) in [5.74, 6) is 0. The first-order chi connectivity index (χ1) is 23.0. The van der Waals surface area contributed by atoms with Gasteiger partial charge in [-0.05, 0) is 79.4 Å². The van der Waals surface area contributed by atoms with Gasteiger partial charge in [0.1, 0.15) is 0 Å². The summed E-state index contributed by atoms with van der Waals surface area (Å²) >= 11 is 1.44. The van der Waals surface area contributed by atoms with Crippen molar-refractivity contribution in [1.82, 2.24) is 15.0 Å². The van der Waals surface area contributed by atoms with Crippen LogP contribution in [0.5, 0.6) is 0 Å². The molecule has 0 atom stereocenters. The number of pyridine rings is 3. The molecule has 0 aliphatic heterocycles. The first-order valence-electron chi connectivity index (χ1n) is 17.0. The molecule has 6 heteroatoms. The summed E-state index contributed by atoms with van der Waals surface area (Å²) < 4.78 is 47.3. The fourth-order valence-electron chi connectivity index (χ4n) is 4.97. The predicted molar refractivity (Wildman–Crippen MR) is 184 cm³/mol. The van der Waals surface area contributed by atoms with E-state index in [0.717, 1.165) is 37.7 Å². The summed E-state index contributed by atoms with van der Waals surface area (Å²) in [6, 6.07) is 23.5. The van der Waals surface area contributed by atoms with Crippen LogP contribution in [0.4, 0.5) is 0 Å². The minimum atomic E-state index is -2.32. The summed E-state index contributed by atoms with van der Waals surface area (Å²) in [6.45, 7) is 11.6. The van der Waals surface area contributed by atoms with E-state index in [1.54, 1.807) is 18.3 Å². The van der Waals surface area contributed by atoms with Crippen LogP contribution >= 0.6 is 11.3 Å². The molecule has 0 spiro atoms. The van der Waals surface area contributed by atoms with Gasteiger partial charge < -0.3 is 14.4 Å². The second-order valence-corrected chi connectivity index (χ2v) is 13.2. The van der Waals surface area contributed by atoms with E-state index in [1.807, 2.05) is 52.1 Å². The van der Waals surface area contributed by atoms with E-state index in [0.29, 0.717) is 21.7 Å². The number of thiophene rings is 1. The van der Waals surface area contributed by atoms with Gasteiger partial charge in [0.2, 0.25) is 5.71 Å². The van der Waals surface area contributed by atoms with E-state index in [1.165, 1.54) is 34.1 Å². The van der Waals surface area contributed by atoms with Gasteiger partial charge in [0.25, 0.3) is 0 Å². The van der Waals surface area contributed by atoms with E-state index < -0.39 is 18.6 Å². The van der Waals surface area contributed by atoms with Gasteiger partial charge in [0.05, 0.1) is 10.3 Å². The number of nitrogens with zero attached hydrogens (tertiary/aromatic N) is 3. The van der Waals surface area contributed by atoms with Crippen LogP contribution in [0.1, 0.15) is 60.4 Å². The van der Waals surface area contributed by atoms with Crippen molar-refractivity contribution in [3.63, 3.8) is 0 Å². The summed E-state index contributed by atoms with van der Waals surface area (Å²) in [5, 5.41) is 2.48. The van der Waals surface area contributed by atoms with Crippen molar-refractivity contribution >= 4 is 43.5 Å². The minimum Gasteiger partial charge on any atom is -0.486 e. The van der Waals surface area contributed by atoms with Gasteiger partial charge in [-0.25, -0.2) is 4.98 Å². The van der Waals surface area contributed by atoms with E-state index in [2.05, 4.69) is 66.1 Å². The molecule has 2 aromatic carbocycles. The molecule has 5 heterocycles. The molecule has 45 heavy (non-hydrogen) atoms. The standard InChI is InChI=1S/C25H23N2OS.C14H14N.Ir/c1-14-9-10-17-16-7-6-8-18(23(16)28-24(17)27-14)20-11-19-15(2)21(12-25(3,4)5)29-22(19)13-26-20;1-10-4-6-13(7-5-10)14-8-11(2)12(3)9-15-14;/h6-7,9-11,13H,12H2,1-5H3;4-6,8-9H,1-3H3;/q2*-1;/i1D3,12D2;;. The maximum Gasteiger partial charge on any atom is 0.216 e. The molecule has 1 radical (unpaired) electrons. The van der Waals surface area contributed by atoms with Crippen molar-refractivity contribution in [3.8, 4) is 22.5 Å². The predicted octanol–water partition coefficient (Wildman–Crippen LogP) is 10.7. The number of hydrogen-bond acceptors (Lipinski definition) is 5. The molecule has 0 amide bonds.